The summed E-state index contributed by atoms with van der Waals surface area (Å²) in [5.74, 6) is -0.804. The van der Waals surface area contributed by atoms with Crippen LogP contribution in [0.15, 0.2) is 18.2 Å². The van der Waals surface area contributed by atoms with Crippen LogP contribution in [0.2, 0.25) is 0 Å². The summed E-state index contributed by atoms with van der Waals surface area (Å²) in [6.07, 6.45) is -0.729. The third kappa shape index (κ3) is 4.63. The first kappa shape index (κ1) is 20.0. The monoisotopic (exact) mass is 367 g/mol. The average Bonchev–Trinajstić information content (AvgIpc) is 2.96. The summed E-state index contributed by atoms with van der Waals surface area (Å²) in [4.78, 5) is 22.8. The van der Waals surface area contributed by atoms with E-state index >= 15 is 0 Å². The second-order valence-electron chi connectivity index (χ2n) is 6.15. The van der Waals surface area contributed by atoms with E-state index in [1.54, 1.807) is 18.2 Å². The van der Waals surface area contributed by atoms with Crippen LogP contribution in [0, 0.1) is 5.92 Å². The van der Waals surface area contributed by atoms with Crippen molar-refractivity contribution in [1.29, 1.82) is 0 Å². The number of rotatable bonds is 8. The Bertz CT molecular complexity index is 643. The van der Waals surface area contributed by atoms with Gasteiger partial charge < -0.3 is 25.1 Å². The van der Waals surface area contributed by atoms with E-state index in [1.165, 1.54) is 14.2 Å². The first-order valence-electron chi connectivity index (χ1n) is 8.22. The number of methoxy groups -OCH3 is 2. The predicted molar refractivity (Wildman–Crippen MR) is 92.3 cm³/mol. The van der Waals surface area contributed by atoms with Gasteiger partial charge >= 0.3 is 5.97 Å². The number of ether oxygens (including phenoxy) is 3. The number of hydrogen-bond acceptors (Lipinski definition) is 8. The lowest BCUT2D eigenvalue weighted by molar-refractivity contribution is -0.141. The quantitative estimate of drug-likeness (QED) is 0.458. The molecule has 1 aliphatic rings. The average molecular weight is 367 g/mol. The predicted octanol–water partition coefficient (Wildman–Crippen LogP) is -0.363. The van der Waals surface area contributed by atoms with E-state index in [0.29, 0.717) is 11.5 Å². The van der Waals surface area contributed by atoms with Gasteiger partial charge in [0.1, 0.15) is 6.23 Å². The highest BCUT2D eigenvalue weighted by Gasteiger charge is 2.40. The zero-order chi connectivity index (χ0) is 19.3. The molecule has 9 heteroatoms. The topological polar surface area (TPSA) is 132 Å². The van der Waals surface area contributed by atoms with Gasteiger partial charge in [-0.15, -0.1) is 0 Å². The van der Waals surface area contributed by atoms with Crippen molar-refractivity contribution in [3.05, 3.63) is 23.8 Å². The number of hydrogen-bond donors (Lipinski definition) is 4. The molecule has 1 saturated heterocycles. The molecule has 1 amide bonds. The van der Waals surface area contributed by atoms with Crippen molar-refractivity contribution in [2.45, 2.75) is 31.5 Å². The molecule has 0 bridgehead atoms. The summed E-state index contributed by atoms with van der Waals surface area (Å²) >= 11 is 0. The Labute approximate surface area is 151 Å². The zero-order valence-electron chi connectivity index (χ0n) is 15.0. The van der Waals surface area contributed by atoms with Crippen LogP contribution < -0.4 is 26.1 Å². The highest BCUT2D eigenvalue weighted by Crippen LogP contribution is 2.38. The SMILES string of the molecule is COC(=O)CC(c1ccc(OCC(N)=O)c(OC)c1)C1C(C)NNC1O. The van der Waals surface area contributed by atoms with Crippen molar-refractivity contribution in [3.8, 4) is 11.5 Å². The molecule has 4 atom stereocenters. The Morgan fingerprint density at radius 2 is 2.00 bits per heavy atom. The molecule has 1 aliphatic heterocycles. The van der Waals surface area contributed by atoms with Crippen LogP contribution in [-0.4, -0.2) is 50.1 Å². The molecular formula is C17H25N3O6. The number of primary amides is 1. The van der Waals surface area contributed by atoms with Crippen molar-refractivity contribution in [2.75, 3.05) is 20.8 Å². The van der Waals surface area contributed by atoms with Gasteiger partial charge in [0, 0.05) is 17.9 Å². The van der Waals surface area contributed by atoms with Crippen LogP contribution >= 0.6 is 0 Å². The highest BCUT2D eigenvalue weighted by atomic mass is 16.5. The van der Waals surface area contributed by atoms with Gasteiger partial charge in [0.25, 0.3) is 5.91 Å². The normalized spacial score (nSPS) is 23.3. The number of carbonyl (C=O) groups is 2. The number of nitrogens with one attached hydrogen (secondary N) is 2. The molecule has 4 unspecified atom stereocenters. The number of aliphatic hydroxyl groups is 1. The number of nitrogens with two attached hydrogens (primary N) is 1. The Morgan fingerprint density at radius 3 is 2.54 bits per heavy atom. The number of esters is 1. The molecule has 0 spiro atoms. The molecule has 2 rings (SSSR count). The van der Waals surface area contributed by atoms with Crippen molar-refractivity contribution in [2.24, 2.45) is 11.7 Å². The number of benzene rings is 1. The van der Waals surface area contributed by atoms with E-state index in [2.05, 4.69) is 10.9 Å². The fraction of sp³-hybridized carbons (Fsp3) is 0.529. The summed E-state index contributed by atoms with van der Waals surface area (Å²) in [7, 11) is 2.80. The minimum atomic E-state index is -0.823. The summed E-state index contributed by atoms with van der Waals surface area (Å²) < 4.78 is 15.5. The molecule has 1 heterocycles. The first-order chi connectivity index (χ1) is 12.4. The summed E-state index contributed by atoms with van der Waals surface area (Å²) in [6.45, 7) is 1.65. The van der Waals surface area contributed by atoms with Crippen LogP contribution in [0.1, 0.15) is 24.8 Å². The zero-order valence-corrected chi connectivity index (χ0v) is 15.0. The second-order valence-corrected chi connectivity index (χ2v) is 6.15. The Kier molecular flexibility index (Phi) is 6.78. The number of carbonyl (C=O) groups excluding carboxylic acids is 2. The molecule has 0 aliphatic carbocycles. The molecule has 1 aromatic rings. The number of aliphatic hydroxyl groups excluding tert-OH is 1. The third-order valence-electron chi connectivity index (χ3n) is 4.47. The first-order valence-corrected chi connectivity index (χ1v) is 8.22. The maximum atomic E-state index is 11.9. The summed E-state index contributed by atoms with van der Waals surface area (Å²) in [5.41, 5.74) is 11.6. The smallest absolute Gasteiger partial charge is 0.306 e. The Balaban J connectivity index is 2.34. The highest BCUT2D eigenvalue weighted by molar-refractivity contribution is 5.75. The van der Waals surface area contributed by atoms with E-state index in [0.717, 1.165) is 5.56 Å². The number of hydrazine groups is 1. The lowest BCUT2D eigenvalue weighted by atomic mass is 9.79. The molecule has 0 aromatic heterocycles. The van der Waals surface area contributed by atoms with Crippen molar-refractivity contribution >= 4 is 11.9 Å². The minimum Gasteiger partial charge on any atom is -0.493 e. The minimum absolute atomic E-state index is 0.0727. The summed E-state index contributed by atoms with van der Waals surface area (Å²) in [5, 5.41) is 10.3. The van der Waals surface area contributed by atoms with Crippen LogP contribution in [0.25, 0.3) is 0 Å². The van der Waals surface area contributed by atoms with E-state index in [9.17, 15) is 14.7 Å². The van der Waals surface area contributed by atoms with Gasteiger partial charge in [0.05, 0.1) is 20.6 Å². The summed E-state index contributed by atoms with van der Waals surface area (Å²) in [6, 6.07) is 5.07. The fourth-order valence-electron chi connectivity index (χ4n) is 3.17. The van der Waals surface area contributed by atoms with Gasteiger partial charge in [-0.1, -0.05) is 6.07 Å². The molecule has 0 radical (unpaired) electrons. The Morgan fingerprint density at radius 1 is 1.27 bits per heavy atom. The lowest BCUT2D eigenvalue weighted by Crippen LogP contribution is -2.33. The molecule has 26 heavy (non-hydrogen) atoms. The van der Waals surface area contributed by atoms with E-state index in [1.807, 2.05) is 6.92 Å². The van der Waals surface area contributed by atoms with Crippen LogP contribution in [0.3, 0.4) is 0 Å². The van der Waals surface area contributed by atoms with E-state index in [-0.39, 0.29) is 36.9 Å². The van der Waals surface area contributed by atoms with Gasteiger partial charge in [-0.3, -0.25) is 15.0 Å². The molecule has 144 valence electrons. The van der Waals surface area contributed by atoms with E-state index < -0.39 is 12.1 Å². The van der Waals surface area contributed by atoms with Gasteiger partial charge in [0.15, 0.2) is 18.1 Å². The van der Waals surface area contributed by atoms with Gasteiger partial charge in [-0.25, -0.2) is 5.43 Å². The molecule has 0 saturated carbocycles. The lowest BCUT2D eigenvalue weighted by Gasteiger charge is -2.28. The van der Waals surface area contributed by atoms with Crippen molar-refractivity contribution in [1.82, 2.24) is 10.9 Å². The van der Waals surface area contributed by atoms with Crippen molar-refractivity contribution in [3.63, 3.8) is 0 Å². The van der Waals surface area contributed by atoms with Crippen molar-refractivity contribution < 1.29 is 28.9 Å². The molecule has 5 N–H and O–H groups in total. The molecule has 1 aromatic carbocycles. The van der Waals surface area contributed by atoms with Crippen LogP contribution in [0.5, 0.6) is 11.5 Å². The van der Waals surface area contributed by atoms with Crippen LogP contribution in [-0.2, 0) is 14.3 Å². The van der Waals surface area contributed by atoms with Gasteiger partial charge in [-0.05, 0) is 24.6 Å². The molecule has 1 fully saturated rings. The van der Waals surface area contributed by atoms with Gasteiger partial charge in [-0.2, -0.15) is 0 Å². The molecular weight excluding hydrogens is 342 g/mol. The number of amides is 1. The second kappa shape index (κ2) is 8.84. The van der Waals surface area contributed by atoms with Crippen LogP contribution in [0.4, 0.5) is 0 Å². The Hall–Kier alpha value is -2.36. The molecule has 9 nitrogen and oxygen atoms in total. The fourth-order valence-corrected chi connectivity index (χ4v) is 3.17. The van der Waals surface area contributed by atoms with E-state index in [4.69, 9.17) is 19.9 Å². The van der Waals surface area contributed by atoms with Gasteiger partial charge in [0.2, 0.25) is 0 Å². The maximum absolute atomic E-state index is 11.9. The maximum Gasteiger partial charge on any atom is 0.306 e. The standard InChI is InChI=1S/C17H25N3O6/c1-9-16(17(23)20-19-9)11(7-15(22)25-3)10-4-5-12(13(6-10)24-2)26-8-14(18)21/h4-6,9,11,16-17,19-20,23H,7-8H2,1-3H3,(H2,18,21). The third-order valence-corrected chi connectivity index (χ3v) is 4.47. The largest absolute Gasteiger partial charge is 0.493 e.